The first kappa shape index (κ1) is 7.10. The number of pyridine rings is 1. The Morgan fingerprint density at radius 1 is 1.25 bits per heavy atom. The van der Waals surface area contributed by atoms with E-state index in [0.29, 0.717) is 0 Å². The van der Waals surface area contributed by atoms with Crippen molar-refractivity contribution in [2.75, 3.05) is 7.11 Å². The molecule has 0 aliphatic carbocycles. The van der Waals surface area contributed by atoms with Gasteiger partial charge >= 0.3 is 0 Å². The summed E-state index contributed by atoms with van der Waals surface area (Å²) in [7, 11) is 1.64. The molecule has 2 nitrogen and oxygen atoms in total. The first-order valence-electron chi connectivity index (χ1n) is 3.79. The highest BCUT2D eigenvalue weighted by Crippen LogP contribution is 2.16. The molecule has 60 valence electrons. The molecule has 0 saturated heterocycles. The SMILES string of the molecule is COc1cnc2ccccc2c1. The zero-order chi connectivity index (χ0) is 8.39. The molecule has 0 fully saturated rings. The molecule has 0 saturated carbocycles. The van der Waals surface area contributed by atoms with Gasteiger partial charge in [-0.25, -0.2) is 0 Å². The Hall–Kier alpha value is -1.57. The van der Waals surface area contributed by atoms with Crippen LogP contribution in [0.2, 0.25) is 0 Å². The van der Waals surface area contributed by atoms with Crippen LogP contribution in [0.4, 0.5) is 0 Å². The standard InChI is InChI=1S/C10H9NO/c1-12-9-6-8-4-2-3-5-10(8)11-7-9/h2-7H,1H3. The van der Waals surface area contributed by atoms with Gasteiger partial charge in [-0.3, -0.25) is 4.98 Å². The van der Waals surface area contributed by atoms with Crippen molar-refractivity contribution in [3.63, 3.8) is 0 Å². The van der Waals surface area contributed by atoms with Gasteiger partial charge in [0, 0.05) is 5.39 Å². The Bertz CT molecular complexity index is 398. The largest absolute Gasteiger partial charge is 0.495 e. The summed E-state index contributed by atoms with van der Waals surface area (Å²) in [6.07, 6.45) is 1.72. The minimum atomic E-state index is 0.800. The molecule has 0 aliphatic heterocycles. The number of methoxy groups -OCH3 is 1. The van der Waals surface area contributed by atoms with Crippen LogP contribution in [0.1, 0.15) is 0 Å². The van der Waals surface area contributed by atoms with Crippen LogP contribution in [0.3, 0.4) is 0 Å². The smallest absolute Gasteiger partial charge is 0.137 e. The third kappa shape index (κ3) is 1.11. The van der Waals surface area contributed by atoms with E-state index >= 15 is 0 Å². The molecule has 2 rings (SSSR count). The molecule has 2 aromatic rings. The van der Waals surface area contributed by atoms with E-state index in [4.69, 9.17) is 4.74 Å². The lowest BCUT2D eigenvalue weighted by atomic mass is 10.2. The van der Waals surface area contributed by atoms with Gasteiger partial charge in [0.25, 0.3) is 0 Å². The van der Waals surface area contributed by atoms with Crippen LogP contribution >= 0.6 is 0 Å². The van der Waals surface area contributed by atoms with Crippen LogP contribution in [0.5, 0.6) is 5.75 Å². The molecule has 0 radical (unpaired) electrons. The van der Waals surface area contributed by atoms with Gasteiger partial charge in [0.2, 0.25) is 0 Å². The molecule has 1 aromatic heterocycles. The first-order chi connectivity index (χ1) is 5.90. The zero-order valence-electron chi connectivity index (χ0n) is 6.82. The number of benzene rings is 1. The predicted octanol–water partition coefficient (Wildman–Crippen LogP) is 2.24. The first-order valence-corrected chi connectivity index (χ1v) is 3.79. The molecule has 0 bridgehead atoms. The fourth-order valence-electron chi connectivity index (χ4n) is 1.16. The summed E-state index contributed by atoms with van der Waals surface area (Å²) in [6.45, 7) is 0. The summed E-state index contributed by atoms with van der Waals surface area (Å²) < 4.78 is 5.06. The van der Waals surface area contributed by atoms with Gasteiger partial charge in [0.1, 0.15) is 5.75 Å². The van der Waals surface area contributed by atoms with Crippen LogP contribution < -0.4 is 4.74 Å². The van der Waals surface area contributed by atoms with Gasteiger partial charge in [0.15, 0.2) is 0 Å². The van der Waals surface area contributed by atoms with Crippen molar-refractivity contribution in [1.82, 2.24) is 4.98 Å². The van der Waals surface area contributed by atoms with Gasteiger partial charge in [-0.15, -0.1) is 0 Å². The van der Waals surface area contributed by atoms with E-state index in [9.17, 15) is 0 Å². The normalized spacial score (nSPS) is 10.1. The molecule has 1 aromatic carbocycles. The molecule has 0 unspecified atom stereocenters. The minimum absolute atomic E-state index is 0.800. The van der Waals surface area contributed by atoms with E-state index < -0.39 is 0 Å². The Labute approximate surface area is 70.8 Å². The van der Waals surface area contributed by atoms with Crippen molar-refractivity contribution in [3.8, 4) is 5.75 Å². The van der Waals surface area contributed by atoms with Crippen molar-refractivity contribution < 1.29 is 4.74 Å². The van der Waals surface area contributed by atoms with Gasteiger partial charge in [-0.1, -0.05) is 18.2 Å². The lowest BCUT2D eigenvalue weighted by molar-refractivity contribution is 0.414. The summed E-state index contributed by atoms with van der Waals surface area (Å²) in [5.41, 5.74) is 0.998. The van der Waals surface area contributed by atoms with E-state index in [1.807, 2.05) is 30.3 Å². The fraction of sp³-hybridized carbons (Fsp3) is 0.100. The number of ether oxygens (including phenoxy) is 1. The van der Waals surface area contributed by atoms with E-state index in [2.05, 4.69) is 4.98 Å². The monoisotopic (exact) mass is 159 g/mol. The fourth-order valence-corrected chi connectivity index (χ4v) is 1.16. The second-order valence-electron chi connectivity index (χ2n) is 2.57. The van der Waals surface area contributed by atoms with Crippen molar-refractivity contribution in [2.45, 2.75) is 0 Å². The third-order valence-corrected chi connectivity index (χ3v) is 1.80. The van der Waals surface area contributed by atoms with Crippen molar-refractivity contribution >= 4 is 10.9 Å². The van der Waals surface area contributed by atoms with Crippen molar-refractivity contribution in [1.29, 1.82) is 0 Å². The number of aromatic nitrogens is 1. The molecule has 0 spiro atoms. The third-order valence-electron chi connectivity index (χ3n) is 1.80. The lowest BCUT2D eigenvalue weighted by Crippen LogP contribution is -1.84. The Morgan fingerprint density at radius 2 is 2.08 bits per heavy atom. The number of para-hydroxylation sites is 1. The average Bonchev–Trinajstić information content (AvgIpc) is 2.17. The maximum Gasteiger partial charge on any atom is 0.137 e. The predicted molar refractivity (Wildman–Crippen MR) is 48.3 cm³/mol. The summed E-state index contributed by atoms with van der Waals surface area (Å²) in [5.74, 6) is 0.800. The number of hydrogen-bond donors (Lipinski definition) is 0. The molecule has 1 heterocycles. The lowest BCUT2D eigenvalue weighted by Gasteiger charge is -2.00. The Morgan fingerprint density at radius 3 is 2.92 bits per heavy atom. The molecule has 2 heteroatoms. The van der Waals surface area contributed by atoms with Crippen LogP contribution in [0, 0.1) is 0 Å². The van der Waals surface area contributed by atoms with E-state index in [-0.39, 0.29) is 0 Å². The number of nitrogens with zero attached hydrogens (tertiary/aromatic N) is 1. The van der Waals surface area contributed by atoms with E-state index in [1.54, 1.807) is 13.3 Å². The molecule has 0 aliphatic rings. The Kier molecular flexibility index (Phi) is 1.67. The second kappa shape index (κ2) is 2.81. The van der Waals surface area contributed by atoms with Gasteiger partial charge in [-0.05, 0) is 12.1 Å². The molecular weight excluding hydrogens is 150 g/mol. The molecule has 0 amide bonds. The van der Waals surface area contributed by atoms with Gasteiger partial charge < -0.3 is 4.74 Å². The number of hydrogen-bond acceptors (Lipinski definition) is 2. The quantitative estimate of drug-likeness (QED) is 0.636. The van der Waals surface area contributed by atoms with Crippen LogP contribution in [-0.4, -0.2) is 12.1 Å². The molecule has 12 heavy (non-hydrogen) atoms. The van der Waals surface area contributed by atoms with E-state index in [1.165, 1.54) is 0 Å². The molecule has 0 atom stereocenters. The minimum Gasteiger partial charge on any atom is -0.495 e. The van der Waals surface area contributed by atoms with Gasteiger partial charge in [0.05, 0.1) is 18.8 Å². The average molecular weight is 159 g/mol. The Balaban J connectivity index is 2.67. The summed E-state index contributed by atoms with van der Waals surface area (Å²) in [5, 5.41) is 1.11. The van der Waals surface area contributed by atoms with Gasteiger partial charge in [-0.2, -0.15) is 0 Å². The molecule has 0 N–H and O–H groups in total. The second-order valence-corrected chi connectivity index (χ2v) is 2.57. The number of fused-ring (bicyclic) bond motifs is 1. The summed E-state index contributed by atoms with van der Waals surface area (Å²) in [6, 6.07) is 9.94. The van der Waals surface area contributed by atoms with Crippen LogP contribution in [-0.2, 0) is 0 Å². The number of rotatable bonds is 1. The van der Waals surface area contributed by atoms with Crippen molar-refractivity contribution in [3.05, 3.63) is 36.5 Å². The van der Waals surface area contributed by atoms with Crippen LogP contribution in [0.25, 0.3) is 10.9 Å². The highest BCUT2D eigenvalue weighted by molar-refractivity contribution is 5.79. The van der Waals surface area contributed by atoms with Crippen molar-refractivity contribution in [2.24, 2.45) is 0 Å². The summed E-state index contributed by atoms with van der Waals surface area (Å²) >= 11 is 0. The van der Waals surface area contributed by atoms with Crippen LogP contribution in [0.15, 0.2) is 36.5 Å². The highest BCUT2D eigenvalue weighted by Gasteiger charge is 1.94. The topological polar surface area (TPSA) is 22.1 Å². The van der Waals surface area contributed by atoms with E-state index in [0.717, 1.165) is 16.7 Å². The maximum atomic E-state index is 5.06. The molecular formula is C10H9NO. The summed E-state index contributed by atoms with van der Waals surface area (Å²) in [4.78, 5) is 4.23. The highest BCUT2D eigenvalue weighted by atomic mass is 16.5. The maximum absolute atomic E-state index is 5.06. The zero-order valence-corrected chi connectivity index (χ0v) is 6.82.